The Balaban J connectivity index is 1.65. The van der Waals surface area contributed by atoms with Crippen molar-refractivity contribution in [1.29, 1.82) is 0 Å². The van der Waals surface area contributed by atoms with Gasteiger partial charge in [-0.25, -0.2) is 4.68 Å². The molecular formula is C15H16N6O3. The number of ether oxygens (including phenoxy) is 1. The van der Waals surface area contributed by atoms with Gasteiger partial charge in [0.25, 0.3) is 5.91 Å². The zero-order chi connectivity index (χ0) is 16.9. The second-order valence-corrected chi connectivity index (χ2v) is 5.08. The Labute approximate surface area is 137 Å². The van der Waals surface area contributed by atoms with Crippen molar-refractivity contribution in [3.05, 3.63) is 42.4 Å². The first-order valence-corrected chi connectivity index (χ1v) is 7.40. The van der Waals surface area contributed by atoms with Crippen molar-refractivity contribution in [3.8, 4) is 11.4 Å². The van der Waals surface area contributed by atoms with E-state index in [9.17, 15) is 4.79 Å². The van der Waals surface area contributed by atoms with Crippen LogP contribution >= 0.6 is 0 Å². The summed E-state index contributed by atoms with van der Waals surface area (Å²) in [4.78, 5) is 12.3. The molecule has 0 aliphatic rings. The van der Waals surface area contributed by atoms with Crippen LogP contribution in [0.15, 0.2) is 41.2 Å². The molecule has 0 aliphatic heterocycles. The molecule has 9 heteroatoms. The minimum Gasteiger partial charge on any atom is -0.481 e. The van der Waals surface area contributed by atoms with Crippen LogP contribution in [0.25, 0.3) is 5.69 Å². The van der Waals surface area contributed by atoms with Crippen LogP contribution in [-0.4, -0.2) is 37.4 Å². The minimum atomic E-state index is -0.638. The first kappa shape index (κ1) is 15.7. The van der Waals surface area contributed by atoms with E-state index in [2.05, 4.69) is 26.0 Å². The fourth-order valence-corrected chi connectivity index (χ4v) is 2.08. The topological polar surface area (TPSA) is 108 Å². The molecule has 0 spiro atoms. The largest absolute Gasteiger partial charge is 0.481 e. The summed E-state index contributed by atoms with van der Waals surface area (Å²) >= 11 is 0. The van der Waals surface area contributed by atoms with Crippen molar-refractivity contribution in [1.82, 2.24) is 25.4 Å². The predicted molar refractivity (Wildman–Crippen MR) is 83.7 cm³/mol. The van der Waals surface area contributed by atoms with E-state index < -0.39 is 6.10 Å². The van der Waals surface area contributed by atoms with Gasteiger partial charge in [0.2, 0.25) is 0 Å². The maximum Gasteiger partial charge on any atom is 0.266 e. The first-order valence-electron chi connectivity index (χ1n) is 7.40. The summed E-state index contributed by atoms with van der Waals surface area (Å²) in [5.74, 6) is 1.28. The average Bonchev–Trinajstić information content (AvgIpc) is 3.25. The number of tetrazole rings is 1. The molecule has 2 heterocycles. The SMILES string of the molecule is CCC(Oc1ccc(-n2cnnn2)cc1)C(=O)Nc1cc(C)on1. The van der Waals surface area contributed by atoms with Crippen molar-refractivity contribution in [2.45, 2.75) is 26.4 Å². The molecule has 1 atom stereocenters. The second kappa shape index (κ2) is 6.90. The van der Waals surface area contributed by atoms with Crippen molar-refractivity contribution >= 4 is 11.7 Å². The summed E-state index contributed by atoms with van der Waals surface area (Å²) < 4.78 is 12.2. The summed E-state index contributed by atoms with van der Waals surface area (Å²) in [7, 11) is 0. The molecule has 0 radical (unpaired) electrons. The Hall–Kier alpha value is -3.23. The number of hydrogen-bond donors (Lipinski definition) is 1. The maximum absolute atomic E-state index is 12.3. The van der Waals surface area contributed by atoms with Crippen molar-refractivity contribution in [3.63, 3.8) is 0 Å². The van der Waals surface area contributed by atoms with Gasteiger partial charge in [-0.1, -0.05) is 12.1 Å². The van der Waals surface area contributed by atoms with E-state index in [0.29, 0.717) is 23.7 Å². The van der Waals surface area contributed by atoms with Crippen molar-refractivity contribution in [2.24, 2.45) is 0 Å². The number of hydrogen-bond acceptors (Lipinski definition) is 7. The summed E-state index contributed by atoms with van der Waals surface area (Å²) in [5, 5.41) is 17.4. The number of anilines is 1. The third kappa shape index (κ3) is 3.57. The molecule has 0 fully saturated rings. The van der Waals surface area contributed by atoms with Gasteiger partial charge in [-0.3, -0.25) is 4.79 Å². The van der Waals surface area contributed by atoms with E-state index in [1.807, 2.05) is 6.92 Å². The van der Waals surface area contributed by atoms with Crippen LogP contribution in [-0.2, 0) is 4.79 Å². The number of carbonyl (C=O) groups excluding carboxylic acids is 1. The highest BCUT2D eigenvalue weighted by Crippen LogP contribution is 2.17. The molecule has 0 saturated carbocycles. The van der Waals surface area contributed by atoms with Gasteiger partial charge in [0.05, 0.1) is 5.69 Å². The number of rotatable bonds is 6. The Bertz CT molecular complexity index is 797. The molecule has 3 aromatic rings. The van der Waals surface area contributed by atoms with Gasteiger partial charge in [-0.2, -0.15) is 0 Å². The number of nitrogens with one attached hydrogen (secondary N) is 1. The number of benzene rings is 1. The fraction of sp³-hybridized carbons (Fsp3) is 0.267. The molecule has 1 amide bonds. The standard InChI is InChI=1S/C15H16N6O3/c1-3-13(15(22)17-14-8-10(2)24-18-14)23-12-6-4-11(5-7-12)21-9-16-19-20-21/h4-9,13H,3H2,1-2H3,(H,17,18,22). The quantitative estimate of drug-likeness (QED) is 0.734. The molecule has 124 valence electrons. The molecular weight excluding hydrogens is 312 g/mol. The summed E-state index contributed by atoms with van der Waals surface area (Å²) in [6.45, 7) is 3.62. The van der Waals surface area contributed by atoms with Crippen LogP contribution in [0.2, 0.25) is 0 Å². The lowest BCUT2D eigenvalue weighted by molar-refractivity contribution is -0.122. The van der Waals surface area contributed by atoms with Gasteiger partial charge in [-0.15, -0.1) is 5.10 Å². The summed E-state index contributed by atoms with van der Waals surface area (Å²) in [5.41, 5.74) is 0.794. The number of aryl methyl sites for hydroxylation is 1. The third-order valence-corrected chi connectivity index (χ3v) is 3.27. The van der Waals surface area contributed by atoms with E-state index in [1.54, 1.807) is 37.3 Å². The Morgan fingerprint density at radius 1 is 1.38 bits per heavy atom. The van der Waals surface area contributed by atoms with Gasteiger partial charge in [0.1, 0.15) is 17.8 Å². The molecule has 1 unspecified atom stereocenters. The first-order chi connectivity index (χ1) is 11.7. The van der Waals surface area contributed by atoms with Gasteiger partial charge in [0.15, 0.2) is 11.9 Å². The lowest BCUT2D eigenvalue weighted by Crippen LogP contribution is -2.32. The molecule has 1 aromatic carbocycles. The maximum atomic E-state index is 12.3. The monoisotopic (exact) mass is 328 g/mol. The average molecular weight is 328 g/mol. The zero-order valence-corrected chi connectivity index (χ0v) is 13.2. The predicted octanol–water partition coefficient (Wildman–Crippen LogP) is 1.75. The summed E-state index contributed by atoms with van der Waals surface area (Å²) in [6.07, 6.45) is 1.37. The van der Waals surface area contributed by atoms with Crippen LogP contribution in [0, 0.1) is 6.92 Å². The lowest BCUT2D eigenvalue weighted by Gasteiger charge is -2.16. The fourth-order valence-electron chi connectivity index (χ4n) is 2.08. The van der Waals surface area contributed by atoms with E-state index in [0.717, 1.165) is 5.69 Å². The lowest BCUT2D eigenvalue weighted by atomic mass is 10.2. The molecule has 1 N–H and O–H groups in total. The smallest absolute Gasteiger partial charge is 0.266 e. The van der Waals surface area contributed by atoms with E-state index in [4.69, 9.17) is 9.26 Å². The van der Waals surface area contributed by atoms with Crippen molar-refractivity contribution in [2.75, 3.05) is 5.32 Å². The zero-order valence-electron chi connectivity index (χ0n) is 13.2. The molecule has 0 saturated heterocycles. The van der Waals surface area contributed by atoms with Gasteiger partial charge < -0.3 is 14.6 Å². The molecule has 0 bridgehead atoms. The van der Waals surface area contributed by atoms with E-state index in [1.165, 1.54) is 11.0 Å². The van der Waals surface area contributed by atoms with Gasteiger partial charge in [-0.05, 0) is 48.0 Å². The number of carbonyl (C=O) groups is 1. The Kier molecular flexibility index (Phi) is 4.50. The number of nitrogens with zero attached hydrogens (tertiary/aromatic N) is 5. The Morgan fingerprint density at radius 2 is 2.17 bits per heavy atom. The number of amides is 1. The highest BCUT2D eigenvalue weighted by molar-refractivity contribution is 5.93. The van der Waals surface area contributed by atoms with Gasteiger partial charge in [0, 0.05) is 6.07 Å². The molecule has 3 rings (SSSR count). The highest BCUT2D eigenvalue weighted by atomic mass is 16.5. The molecule has 0 aliphatic carbocycles. The molecule has 2 aromatic heterocycles. The van der Waals surface area contributed by atoms with Crippen LogP contribution < -0.4 is 10.1 Å². The van der Waals surface area contributed by atoms with E-state index >= 15 is 0 Å². The summed E-state index contributed by atoms with van der Waals surface area (Å²) in [6, 6.07) is 8.76. The highest BCUT2D eigenvalue weighted by Gasteiger charge is 2.19. The Morgan fingerprint density at radius 3 is 2.75 bits per heavy atom. The van der Waals surface area contributed by atoms with Crippen LogP contribution in [0.4, 0.5) is 5.82 Å². The minimum absolute atomic E-state index is 0.282. The second-order valence-electron chi connectivity index (χ2n) is 5.08. The third-order valence-electron chi connectivity index (χ3n) is 3.27. The van der Waals surface area contributed by atoms with Crippen LogP contribution in [0.1, 0.15) is 19.1 Å². The van der Waals surface area contributed by atoms with E-state index in [-0.39, 0.29) is 5.91 Å². The van der Waals surface area contributed by atoms with Gasteiger partial charge >= 0.3 is 0 Å². The number of aromatic nitrogens is 5. The van der Waals surface area contributed by atoms with Crippen LogP contribution in [0.5, 0.6) is 5.75 Å². The molecule has 24 heavy (non-hydrogen) atoms. The normalized spacial score (nSPS) is 11.9. The molecule has 9 nitrogen and oxygen atoms in total. The van der Waals surface area contributed by atoms with Crippen LogP contribution in [0.3, 0.4) is 0 Å². The van der Waals surface area contributed by atoms with Crippen molar-refractivity contribution < 1.29 is 14.1 Å².